The number of imidazole rings is 1. The topological polar surface area (TPSA) is 106 Å². The first kappa shape index (κ1) is 39.2. The van der Waals surface area contributed by atoms with Crippen LogP contribution in [0.1, 0.15) is 43.2 Å². The van der Waals surface area contributed by atoms with Crippen LogP contribution >= 0.6 is 35.0 Å². The van der Waals surface area contributed by atoms with E-state index in [-0.39, 0.29) is 29.3 Å². The smallest absolute Gasteiger partial charge is 0.321 e. The van der Waals surface area contributed by atoms with E-state index in [4.69, 9.17) is 27.9 Å². The normalized spacial score (nSPS) is 12.7. The van der Waals surface area contributed by atoms with Gasteiger partial charge in [0.2, 0.25) is 10.0 Å². The number of rotatable bonds is 14. The van der Waals surface area contributed by atoms with Crippen LogP contribution in [0.5, 0.6) is 5.75 Å². The largest absolute Gasteiger partial charge is 0.495 e. The lowest BCUT2D eigenvalue weighted by Gasteiger charge is -2.28. The zero-order valence-electron chi connectivity index (χ0n) is 29.0. The molecule has 0 spiro atoms. The van der Waals surface area contributed by atoms with E-state index < -0.39 is 44.0 Å². The number of benzene rings is 3. The molecule has 0 aliphatic rings. The Morgan fingerprint density at radius 1 is 1.10 bits per heavy atom. The van der Waals surface area contributed by atoms with Crippen molar-refractivity contribution >= 4 is 51.0 Å². The molecule has 2 heterocycles. The van der Waals surface area contributed by atoms with Gasteiger partial charge in [0.25, 0.3) is 0 Å². The quantitative estimate of drug-likeness (QED) is 0.0912. The van der Waals surface area contributed by atoms with Crippen molar-refractivity contribution in [2.75, 3.05) is 13.7 Å². The van der Waals surface area contributed by atoms with Gasteiger partial charge in [-0.15, -0.1) is 0 Å². The first-order valence-corrected chi connectivity index (χ1v) is 19.2. The van der Waals surface area contributed by atoms with Crippen molar-refractivity contribution in [3.8, 4) is 11.4 Å². The van der Waals surface area contributed by atoms with Gasteiger partial charge in [0.05, 0.1) is 28.9 Å². The molecule has 0 aliphatic carbocycles. The Hall–Kier alpha value is -4.01. The van der Waals surface area contributed by atoms with Gasteiger partial charge in [-0.05, 0) is 73.5 Å². The van der Waals surface area contributed by atoms with Crippen molar-refractivity contribution in [3.05, 3.63) is 129 Å². The van der Waals surface area contributed by atoms with Crippen molar-refractivity contribution in [2.45, 2.75) is 54.5 Å². The number of carbonyl (C=O) groups is 1. The van der Waals surface area contributed by atoms with Crippen molar-refractivity contribution in [3.63, 3.8) is 0 Å². The number of aromatic nitrogens is 3. The predicted molar refractivity (Wildman–Crippen MR) is 197 cm³/mol. The summed E-state index contributed by atoms with van der Waals surface area (Å²) >= 11 is 14.0. The average molecular weight is 791 g/mol. The predicted octanol–water partition coefficient (Wildman–Crippen LogP) is 7.62. The number of nitrogens with zero attached hydrogens (tertiary/aromatic N) is 4. The lowest BCUT2D eigenvalue weighted by Crippen LogP contribution is -2.44. The third-order valence-electron chi connectivity index (χ3n) is 8.81. The Morgan fingerprint density at radius 2 is 1.81 bits per heavy atom. The molecule has 9 nitrogen and oxygen atoms in total. The summed E-state index contributed by atoms with van der Waals surface area (Å²) < 4.78 is 67.4. The number of aliphatic carboxylic acids is 1. The van der Waals surface area contributed by atoms with E-state index in [1.54, 1.807) is 47.3 Å². The van der Waals surface area contributed by atoms with Crippen molar-refractivity contribution in [2.24, 2.45) is 7.05 Å². The minimum absolute atomic E-state index is 0.0251. The van der Waals surface area contributed by atoms with Crippen LogP contribution in [0.4, 0.5) is 8.78 Å². The summed E-state index contributed by atoms with van der Waals surface area (Å²) in [5.74, 6) is -2.20. The number of carboxylic acid groups (broad SMARTS) is 1. The summed E-state index contributed by atoms with van der Waals surface area (Å²) in [6.07, 6.45) is 5.53. The van der Waals surface area contributed by atoms with Gasteiger partial charge in [-0.1, -0.05) is 54.9 Å². The molecule has 0 saturated carbocycles. The monoisotopic (exact) mass is 789 g/mol. The lowest BCUT2D eigenvalue weighted by atomic mass is 9.81. The number of hydrogen-bond donors (Lipinski definition) is 1. The Morgan fingerprint density at radius 3 is 2.44 bits per heavy atom. The number of aryl methyl sites for hydroxylation is 1. The van der Waals surface area contributed by atoms with E-state index in [1.807, 2.05) is 43.8 Å². The molecule has 2 aromatic heterocycles. The second kappa shape index (κ2) is 15.9. The van der Waals surface area contributed by atoms with Gasteiger partial charge in [-0.2, -0.15) is 4.31 Å². The molecule has 0 bridgehead atoms. The second-order valence-corrected chi connectivity index (χ2v) is 16.3. The second-order valence-electron chi connectivity index (χ2n) is 12.6. The minimum Gasteiger partial charge on any atom is -0.495 e. The molecule has 0 aliphatic heterocycles. The minimum atomic E-state index is -4.50. The van der Waals surface area contributed by atoms with Gasteiger partial charge < -0.3 is 9.84 Å². The number of hydrogen-bond acceptors (Lipinski definition) is 6. The first-order valence-electron chi connectivity index (χ1n) is 16.0. The molecule has 5 aromatic rings. The fourth-order valence-electron chi connectivity index (χ4n) is 5.73. The third-order valence-corrected chi connectivity index (χ3v) is 12.4. The molecular formula is C37H37Cl2F2N4O5S2+. The molecule has 15 heteroatoms. The van der Waals surface area contributed by atoms with Crippen molar-refractivity contribution in [1.29, 1.82) is 0 Å². The van der Waals surface area contributed by atoms with Crippen molar-refractivity contribution < 1.29 is 36.4 Å². The molecule has 1 N–H and O–H groups in total. The molecule has 0 unspecified atom stereocenters. The lowest BCUT2D eigenvalue weighted by molar-refractivity contribution is -0.671. The fraction of sp³-hybridized carbons (Fsp3) is 0.270. The van der Waals surface area contributed by atoms with Crippen LogP contribution < -0.4 is 9.30 Å². The zero-order valence-corrected chi connectivity index (χ0v) is 32.1. The Bertz CT molecular complexity index is 2190. The van der Waals surface area contributed by atoms with Crippen LogP contribution in [0.25, 0.3) is 5.69 Å². The number of sulfonamides is 1. The summed E-state index contributed by atoms with van der Waals surface area (Å²) in [7, 11) is -1.15. The molecule has 0 saturated heterocycles. The van der Waals surface area contributed by atoms with Gasteiger partial charge in [-0.25, -0.2) is 26.7 Å². The van der Waals surface area contributed by atoms with Crippen LogP contribution in [0, 0.1) is 11.6 Å². The fourth-order valence-corrected chi connectivity index (χ4v) is 9.00. The molecular weight excluding hydrogens is 753 g/mol. The van der Waals surface area contributed by atoms with Crippen LogP contribution in [-0.4, -0.2) is 53.0 Å². The van der Waals surface area contributed by atoms with E-state index in [0.29, 0.717) is 21.6 Å². The number of thioether (sulfide) groups is 1. The van der Waals surface area contributed by atoms with Gasteiger partial charge in [0.1, 0.15) is 30.5 Å². The van der Waals surface area contributed by atoms with Crippen molar-refractivity contribution in [1.82, 2.24) is 13.9 Å². The van der Waals surface area contributed by atoms with Gasteiger partial charge in [-0.3, -0.25) is 9.36 Å². The third kappa shape index (κ3) is 8.29. The summed E-state index contributed by atoms with van der Waals surface area (Å²) in [4.78, 5) is 16.2. The average Bonchev–Trinajstić information content (AvgIpc) is 3.53. The number of pyridine rings is 1. The van der Waals surface area contributed by atoms with Crippen LogP contribution in [0.15, 0.2) is 95.4 Å². The molecule has 0 amide bonds. The maximum Gasteiger partial charge on any atom is 0.321 e. The highest BCUT2D eigenvalue weighted by atomic mass is 35.5. The van der Waals surface area contributed by atoms with E-state index >= 15 is 4.39 Å². The molecule has 1 atom stereocenters. The standard InChI is InChI=1S/C37H36Cl2F2N4O5S2/c1-23(35(46)47)44(16-14-24-7-6-15-43(4)21-24)52(48,49)28-18-31(39)29(32(41)19-28)22-51-36-42-20-34(45(36)27-11-9-26(40)10-12-27)37(2,3)25-8-13-30(38)33(17-25)50-5/h6-13,15,17-21,23H,14,16,22H2,1-5H3/p+1/t23-/m1/s1. The summed E-state index contributed by atoms with van der Waals surface area (Å²) in [5, 5.41) is 10.5. The highest BCUT2D eigenvalue weighted by molar-refractivity contribution is 7.98. The maximum absolute atomic E-state index is 15.9. The number of carboxylic acids is 1. The van der Waals surface area contributed by atoms with Gasteiger partial charge >= 0.3 is 5.97 Å². The van der Waals surface area contributed by atoms with Crippen LogP contribution in [-0.2, 0) is 39.5 Å². The molecule has 5 rings (SSSR count). The summed E-state index contributed by atoms with van der Waals surface area (Å²) in [6, 6.07) is 15.5. The summed E-state index contributed by atoms with van der Waals surface area (Å²) in [6.45, 7) is 5.08. The Balaban J connectivity index is 1.47. The SMILES string of the molecule is COc1cc(C(C)(C)c2cnc(SCc3c(F)cc(S(=O)(=O)N(CCc4ccc[n+](C)c4)[C@H](C)C(=O)O)cc3Cl)n2-c2ccc(F)cc2)ccc1Cl. The van der Waals surface area contributed by atoms with Crippen LogP contribution in [0.2, 0.25) is 10.0 Å². The Labute approximate surface area is 315 Å². The molecule has 52 heavy (non-hydrogen) atoms. The molecule has 274 valence electrons. The molecule has 0 radical (unpaired) electrons. The highest BCUT2D eigenvalue weighted by Crippen LogP contribution is 2.40. The first-order chi connectivity index (χ1) is 24.5. The number of ether oxygens (including phenoxy) is 1. The van der Waals surface area contributed by atoms with Gasteiger partial charge in [0, 0.05) is 45.6 Å². The maximum atomic E-state index is 15.9. The molecule has 0 fully saturated rings. The van der Waals surface area contributed by atoms with E-state index in [9.17, 15) is 22.7 Å². The van der Waals surface area contributed by atoms with Crippen LogP contribution in [0.3, 0.4) is 0 Å². The Kier molecular flexibility index (Phi) is 12.0. The summed E-state index contributed by atoms with van der Waals surface area (Å²) in [5.41, 5.74) is 2.35. The highest BCUT2D eigenvalue weighted by Gasteiger charge is 2.34. The van der Waals surface area contributed by atoms with E-state index in [0.717, 1.165) is 45.0 Å². The number of halogens is 4. The zero-order chi connectivity index (χ0) is 38.0. The number of methoxy groups -OCH3 is 1. The molecule has 3 aromatic carbocycles. The van der Waals surface area contributed by atoms with Gasteiger partial charge in [0.15, 0.2) is 17.6 Å². The van der Waals surface area contributed by atoms with E-state index in [2.05, 4.69) is 4.98 Å². The van der Waals surface area contributed by atoms with E-state index in [1.165, 1.54) is 26.2 Å².